The molecule has 1 amide bonds. The summed E-state index contributed by atoms with van der Waals surface area (Å²) in [6, 6.07) is 11.7. The molecule has 4 nitrogen and oxygen atoms in total. The number of pyridine rings is 1. The van der Waals surface area contributed by atoms with Gasteiger partial charge in [0.1, 0.15) is 11.9 Å². The van der Waals surface area contributed by atoms with E-state index >= 15 is 0 Å². The minimum atomic E-state index is -0.611. The number of fused-ring (bicyclic) bond motifs is 1. The minimum Gasteiger partial charge on any atom is -0.373 e. The molecule has 0 radical (unpaired) electrons. The van der Waals surface area contributed by atoms with Crippen molar-refractivity contribution in [1.29, 1.82) is 0 Å². The Hall–Kier alpha value is -2.43. The number of nitrogens with one attached hydrogen (secondary N) is 2. The van der Waals surface area contributed by atoms with E-state index < -0.39 is 5.95 Å². The standard InChI is InChI=1S/C14H12FN3O/c15-12-6-3-7-13(17-12)18-14(19)11-8-9-4-1-2-5-10(9)16-11/h1-7,11,16H,8H2,(H,17,18,19)/t11-/m0/s1. The molecule has 1 aliphatic heterocycles. The Morgan fingerprint density at radius 2 is 2.11 bits per heavy atom. The highest BCUT2D eigenvalue weighted by Gasteiger charge is 2.26. The summed E-state index contributed by atoms with van der Waals surface area (Å²) in [5.41, 5.74) is 2.07. The van der Waals surface area contributed by atoms with Crippen LogP contribution in [0.5, 0.6) is 0 Å². The van der Waals surface area contributed by atoms with Crippen LogP contribution in [0.1, 0.15) is 5.56 Å². The predicted octanol–water partition coefficient (Wildman–Crippen LogP) is 2.20. The highest BCUT2D eigenvalue weighted by Crippen LogP contribution is 2.25. The van der Waals surface area contributed by atoms with Gasteiger partial charge in [-0.05, 0) is 23.8 Å². The second-order valence-corrected chi connectivity index (χ2v) is 4.39. The normalized spacial score (nSPS) is 16.6. The van der Waals surface area contributed by atoms with E-state index in [0.29, 0.717) is 6.42 Å². The largest absolute Gasteiger partial charge is 0.373 e. The van der Waals surface area contributed by atoms with Crippen LogP contribution in [0.15, 0.2) is 42.5 Å². The van der Waals surface area contributed by atoms with Crippen molar-refractivity contribution in [2.45, 2.75) is 12.5 Å². The third kappa shape index (κ3) is 2.40. The maximum atomic E-state index is 12.9. The first-order valence-corrected chi connectivity index (χ1v) is 6.00. The first-order chi connectivity index (χ1) is 9.22. The van der Waals surface area contributed by atoms with Gasteiger partial charge < -0.3 is 10.6 Å². The molecule has 0 saturated heterocycles. The van der Waals surface area contributed by atoms with Gasteiger partial charge in [-0.25, -0.2) is 4.98 Å². The van der Waals surface area contributed by atoms with Crippen molar-refractivity contribution in [3.63, 3.8) is 0 Å². The molecule has 2 N–H and O–H groups in total. The average Bonchev–Trinajstić information content (AvgIpc) is 2.82. The average molecular weight is 257 g/mol. The molecule has 2 heterocycles. The third-order valence-electron chi connectivity index (χ3n) is 3.05. The van der Waals surface area contributed by atoms with Crippen molar-refractivity contribution in [2.24, 2.45) is 0 Å². The molecule has 0 saturated carbocycles. The van der Waals surface area contributed by atoms with Gasteiger partial charge in [-0.3, -0.25) is 4.79 Å². The number of carbonyl (C=O) groups excluding carboxylic acids is 1. The number of para-hydroxylation sites is 1. The summed E-state index contributed by atoms with van der Waals surface area (Å²) in [5.74, 6) is -0.600. The van der Waals surface area contributed by atoms with E-state index in [1.165, 1.54) is 12.1 Å². The van der Waals surface area contributed by atoms with Gasteiger partial charge in [-0.1, -0.05) is 24.3 Å². The molecule has 96 valence electrons. The first kappa shape index (κ1) is 11.6. The maximum absolute atomic E-state index is 12.9. The Morgan fingerprint density at radius 1 is 1.26 bits per heavy atom. The van der Waals surface area contributed by atoms with Crippen molar-refractivity contribution in [3.8, 4) is 0 Å². The number of amides is 1. The van der Waals surface area contributed by atoms with E-state index in [2.05, 4.69) is 15.6 Å². The number of benzene rings is 1. The number of carbonyl (C=O) groups is 1. The van der Waals surface area contributed by atoms with Gasteiger partial charge in [-0.15, -0.1) is 0 Å². The smallest absolute Gasteiger partial charge is 0.248 e. The molecule has 1 atom stereocenters. The molecule has 0 unspecified atom stereocenters. The van der Waals surface area contributed by atoms with Crippen molar-refractivity contribution in [2.75, 3.05) is 10.6 Å². The monoisotopic (exact) mass is 257 g/mol. The van der Waals surface area contributed by atoms with Crippen LogP contribution in [-0.4, -0.2) is 16.9 Å². The molecule has 1 aromatic heterocycles. The van der Waals surface area contributed by atoms with Gasteiger partial charge in [-0.2, -0.15) is 4.39 Å². The van der Waals surface area contributed by atoms with E-state index in [-0.39, 0.29) is 17.8 Å². The summed E-state index contributed by atoms with van der Waals surface area (Å²) in [4.78, 5) is 15.7. The quantitative estimate of drug-likeness (QED) is 0.811. The fourth-order valence-corrected chi connectivity index (χ4v) is 2.15. The van der Waals surface area contributed by atoms with Crippen LogP contribution in [0.25, 0.3) is 0 Å². The van der Waals surface area contributed by atoms with Crippen molar-refractivity contribution in [3.05, 3.63) is 54.0 Å². The Labute approximate surface area is 109 Å². The van der Waals surface area contributed by atoms with Crippen LogP contribution in [0.4, 0.5) is 15.9 Å². The maximum Gasteiger partial charge on any atom is 0.248 e. The lowest BCUT2D eigenvalue weighted by Gasteiger charge is -2.11. The molecule has 0 spiro atoms. The van der Waals surface area contributed by atoms with Gasteiger partial charge >= 0.3 is 0 Å². The number of hydrogen-bond acceptors (Lipinski definition) is 3. The van der Waals surface area contributed by atoms with Gasteiger partial charge in [0.15, 0.2) is 0 Å². The van der Waals surface area contributed by atoms with E-state index in [1.54, 1.807) is 6.07 Å². The number of rotatable bonds is 2. The molecule has 19 heavy (non-hydrogen) atoms. The predicted molar refractivity (Wildman–Crippen MR) is 70.4 cm³/mol. The van der Waals surface area contributed by atoms with Gasteiger partial charge in [0.05, 0.1) is 0 Å². The molecular weight excluding hydrogens is 245 g/mol. The highest BCUT2D eigenvalue weighted by molar-refractivity contribution is 5.97. The van der Waals surface area contributed by atoms with E-state index in [1.807, 2.05) is 24.3 Å². The van der Waals surface area contributed by atoms with Crippen LogP contribution < -0.4 is 10.6 Å². The first-order valence-electron chi connectivity index (χ1n) is 6.00. The van der Waals surface area contributed by atoms with Crippen molar-refractivity contribution < 1.29 is 9.18 Å². The number of halogens is 1. The van der Waals surface area contributed by atoms with Crippen LogP contribution >= 0.6 is 0 Å². The second-order valence-electron chi connectivity index (χ2n) is 4.39. The highest BCUT2D eigenvalue weighted by atomic mass is 19.1. The number of hydrogen-bond donors (Lipinski definition) is 2. The van der Waals surface area contributed by atoms with Crippen LogP contribution in [0.3, 0.4) is 0 Å². The summed E-state index contributed by atoms with van der Waals surface area (Å²) in [6.07, 6.45) is 0.622. The van der Waals surface area contributed by atoms with Gasteiger partial charge in [0.2, 0.25) is 11.9 Å². The molecule has 3 rings (SSSR count). The summed E-state index contributed by atoms with van der Waals surface area (Å²) in [5, 5.41) is 5.74. The van der Waals surface area contributed by atoms with Crippen LogP contribution in [-0.2, 0) is 11.2 Å². The number of anilines is 2. The van der Waals surface area contributed by atoms with Crippen LogP contribution in [0.2, 0.25) is 0 Å². The molecule has 1 aliphatic rings. The zero-order valence-corrected chi connectivity index (χ0v) is 10.1. The second kappa shape index (κ2) is 4.68. The molecule has 0 aliphatic carbocycles. The Balaban J connectivity index is 1.70. The van der Waals surface area contributed by atoms with E-state index in [4.69, 9.17) is 0 Å². The molecule has 1 aromatic carbocycles. The van der Waals surface area contributed by atoms with E-state index in [9.17, 15) is 9.18 Å². The Kier molecular flexibility index (Phi) is 2.87. The van der Waals surface area contributed by atoms with E-state index in [0.717, 1.165) is 11.3 Å². The van der Waals surface area contributed by atoms with Gasteiger partial charge in [0, 0.05) is 12.1 Å². The minimum absolute atomic E-state index is 0.214. The lowest BCUT2D eigenvalue weighted by molar-refractivity contribution is -0.116. The summed E-state index contributed by atoms with van der Waals surface area (Å²) < 4.78 is 12.9. The van der Waals surface area contributed by atoms with Crippen LogP contribution in [0, 0.1) is 5.95 Å². The topological polar surface area (TPSA) is 54.0 Å². The van der Waals surface area contributed by atoms with Crippen molar-refractivity contribution in [1.82, 2.24) is 4.98 Å². The lowest BCUT2D eigenvalue weighted by atomic mass is 10.1. The molecule has 0 fully saturated rings. The molecule has 5 heteroatoms. The van der Waals surface area contributed by atoms with Gasteiger partial charge in [0.25, 0.3) is 0 Å². The molecule has 0 bridgehead atoms. The Morgan fingerprint density at radius 3 is 2.89 bits per heavy atom. The summed E-state index contributed by atoms with van der Waals surface area (Å²) >= 11 is 0. The Bertz CT molecular complexity index is 605. The number of aromatic nitrogens is 1. The summed E-state index contributed by atoms with van der Waals surface area (Å²) in [6.45, 7) is 0. The lowest BCUT2D eigenvalue weighted by Crippen LogP contribution is -2.33. The number of nitrogens with zero attached hydrogens (tertiary/aromatic N) is 1. The van der Waals surface area contributed by atoms with Crippen molar-refractivity contribution >= 4 is 17.4 Å². The molecular formula is C14H12FN3O. The fourth-order valence-electron chi connectivity index (χ4n) is 2.15. The fraction of sp³-hybridized carbons (Fsp3) is 0.143. The molecule has 2 aromatic rings. The zero-order valence-electron chi connectivity index (χ0n) is 10.1. The third-order valence-corrected chi connectivity index (χ3v) is 3.05. The summed E-state index contributed by atoms with van der Waals surface area (Å²) in [7, 11) is 0. The zero-order chi connectivity index (χ0) is 13.2. The SMILES string of the molecule is O=C(Nc1cccc(F)n1)[C@@H]1Cc2ccccc2N1.